The van der Waals surface area contributed by atoms with Crippen molar-refractivity contribution in [2.24, 2.45) is 0 Å². The largest absolute Gasteiger partial charge is 0.492 e. The number of rotatable bonds is 6. The summed E-state index contributed by atoms with van der Waals surface area (Å²) in [5, 5.41) is 0. The van der Waals surface area contributed by atoms with Crippen LogP contribution in [0.25, 0.3) is 0 Å². The minimum absolute atomic E-state index is 0.766. The van der Waals surface area contributed by atoms with Gasteiger partial charge in [-0.25, -0.2) is 0 Å². The molecule has 112 valence electrons. The van der Waals surface area contributed by atoms with Crippen molar-refractivity contribution in [2.75, 3.05) is 39.3 Å². The first-order valence-electron chi connectivity index (χ1n) is 7.64. The second-order valence-electron chi connectivity index (χ2n) is 5.50. The van der Waals surface area contributed by atoms with E-state index in [1.54, 1.807) is 0 Å². The van der Waals surface area contributed by atoms with Gasteiger partial charge < -0.3 is 9.72 Å². The van der Waals surface area contributed by atoms with E-state index in [-0.39, 0.29) is 0 Å². The fourth-order valence-corrected chi connectivity index (χ4v) is 2.70. The molecule has 4 heteroatoms. The third kappa shape index (κ3) is 4.34. The summed E-state index contributed by atoms with van der Waals surface area (Å²) < 4.78 is 5.76. The number of aromatic nitrogens is 1. The van der Waals surface area contributed by atoms with Crippen LogP contribution >= 0.6 is 0 Å². The standard InChI is InChI=1S/C17H23N3O/c1-2-4-17(5-3-1)21-13-12-19-8-10-20(11-9-19)15-16-6-7-18-14-16/h1-7,14,18H,8-13,15H2. The van der Waals surface area contributed by atoms with E-state index in [0.29, 0.717) is 0 Å². The molecule has 1 fully saturated rings. The van der Waals surface area contributed by atoms with Gasteiger partial charge in [-0.15, -0.1) is 0 Å². The van der Waals surface area contributed by atoms with Gasteiger partial charge in [0.05, 0.1) is 0 Å². The number of H-pyrrole nitrogens is 1. The van der Waals surface area contributed by atoms with E-state index in [1.807, 2.05) is 36.5 Å². The van der Waals surface area contributed by atoms with Crippen LogP contribution < -0.4 is 4.74 Å². The van der Waals surface area contributed by atoms with Crippen molar-refractivity contribution >= 4 is 0 Å². The van der Waals surface area contributed by atoms with Gasteiger partial charge in [-0.2, -0.15) is 0 Å². The normalized spacial score (nSPS) is 17.0. The van der Waals surface area contributed by atoms with Gasteiger partial charge in [-0.05, 0) is 23.8 Å². The highest BCUT2D eigenvalue weighted by atomic mass is 16.5. The molecule has 0 spiro atoms. The number of nitrogens with zero attached hydrogens (tertiary/aromatic N) is 2. The monoisotopic (exact) mass is 285 g/mol. The summed E-state index contributed by atoms with van der Waals surface area (Å²) in [6.07, 6.45) is 4.08. The van der Waals surface area contributed by atoms with Crippen LogP contribution in [0.2, 0.25) is 0 Å². The van der Waals surface area contributed by atoms with Crippen LogP contribution in [0.1, 0.15) is 5.56 Å². The summed E-state index contributed by atoms with van der Waals surface area (Å²) in [5.74, 6) is 0.962. The van der Waals surface area contributed by atoms with E-state index in [1.165, 1.54) is 5.56 Å². The van der Waals surface area contributed by atoms with Gasteiger partial charge in [0.1, 0.15) is 12.4 Å². The molecule has 1 aromatic carbocycles. The molecule has 3 rings (SSSR count). The number of hydrogen-bond donors (Lipinski definition) is 1. The lowest BCUT2D eigenvalue weighted by atomic mass is 10.2. The van der Waals surface area contributed by atoms with Crippen molar-refractivity contribution in [3.63, 3.8) is 0 Å². The highest BCUT2D eigenvalue weighted by Crippen LogP contribution is 2.10. The molecule has 1 N–H and O–H groups in total. The quantitative estimate of drug-likeness (QED) is 0.883. The molecule has 4 nitrogen and oxygen atoms in total. The van der Waals surface area contributed by atoms with Crippen molar-refractivity contribution in [3.8, 4) is 5.75 Å². The summed E-state index contributed by atoms with van der Waals surface area (Å²) >= 11 is 0. The summed E-state index contributed by atoms with van der Waals surface area (Å²) in [6.45, 7) is 7.35. The molecule has 1 saturated heterocycles. The Morgan fingerprint density at radius 1 is 0.952 bits per heavy atom. The SMILES string of the molecule is c1ccc(OCCN2CCN(Cc3cc[nH]c3)CC2)cc1. The van der Waals surface area contributed by atoms with Gasteiger partial charge in [0, 0.05) is 51.7 Å². The van der Waals surface area contributed by atoms with Gasteiger partial charge in [0.2, 0.25) is 0 Å². The highest BCUT2D eigenvalue weighted by Gasteiger charge is 2.16. The van der Waals surface area contributed by atoms with Gasteiger partial charge in [0.15, 0.2) is 0 Å². The van der Waals surface area contributed by atoms with E-state index in [0.717, 1.165) is 51.6 Å². The number of piperazine rings is 1. The van der Waals surface area contributed by atoms with Crippen molar-refractivity contribution in [1.29, 1.82) is 0 Å². The molecule has 0 atom stereocenters. The van der Waals surface area contributed by atoms with E-state index in [2.05, 4.69) is 27.0 Å². The minimum Gasteiger partial charge on any atom is -0.492 e. The predicted octanol–water partition coefficient (Wildman–Crippen LogP) is 2.21. The molecule has 0 bridgehead atoms. The topological polar surface area (TPSA) is 31.5 Å². The lowest BCUT2D eigenvalue weighted by Crippen LogP contribution is -2.46. The second kappa shape index (κ2) is 7.29. The van der Waals surface area contributed by atoms with Crippen molar-refractivity contribution in [2.45, 2.75) is 6.54 Å². The Kier molecular flexibility index (Phi) is 4.92. The van der Waals surface area contributed by atoms with Crippen LogP contribution in [0.15, 0.2) is 48.8 Å². The summed E-state index contributed by atoms with van der Waals surface area (Å²) in [5.41, 5.74) is 1.37. The first-order valence-corrected chi connectivity index (χ1v) is 7.64. The molecule has 2 aromatic rings. The lowest BCUT2D eigenvalue weighted by molar-refractivity contribution is 0.112. The zero-order chi connectivity index (χ0) is 14.3. The van der Waals surface area contributed by atoms with E-state index in [4.69, 9.17) is 4.74 Å². The van der Waals surface area contributed by atoms with Crippen LogP contribution in [0.5, 0.6) is 5.75 Å². The average molecular weight is 285 g/mol. The van der Waals surface area contributed by atoms with Crippen LogP contribution in [0.4, 0.5) is 0 Å². The van der Waals surface area contributed by atoms with Crippen LogP contribution in [0, 0.1) is 0 Å². The summed E-state index contributed by atoms with van der Waals surface area (Å²) in [4.78, 5) is 8.11. The molecule has 21 heavy (non-hydrogen) atoms. The van der Waals surface area contributed by atoms with Crippen LogP contribution in [-0.2, 0) is 6.54 Å². The molecule has 0 unspecified atom stereocenters. The maximum atomic E-state index is 5.76. The number of hydrogen-bond acceptors (Lipinski definition) is 3. The third-order valence-corrected chi connectivity index (χ3v) is 3.95. The molecule has 0 aliphatic carbocycles. The number of aromatic amines is 1. The molecule has 0 radical (unpaired) electrons. The number of para-hydroxylation sites is 1. The predicted molar refractivity (Wildman–Crippen MR) is 84.4 cm³/mol. The van der Waals surface area contributed by atoms with Crippen molar-refractivity contribution in [3.05, 3.63) is 54.4 Å². The maximum absolute atomic E-state index is 5.76. The fourth-order valence-electron chi connectivity index (χ4n) is 2.70. The number of ether oxygens (including phenoxy) is 1. The van der Waals surface area contributed by atoms with Crippen LogP contribution in [0.3, 0.4) is 0 Å². The van der Waals surface area contributed by atoms with E-state index < -0.39 is 0 Å². The van der Waals surface area contributed by atoms with E-state index in [9.17, 15) is 0 Å². The summed E-state index contributed by atoms with van der Waals surface area (Å²) in [6, 6.07) is 12.2. The van der Waals surface area contributed by atoms with Gasteiger partial charge in [0.25, 0.3) is 0 Å². The number of benzene rings is 1. The Labute approximate surface area is 126 Å². The average Bonchev–Trinajstić information content (AvgIpc) is 3.03. The Morgan fingerprint density at radius 2 is 1.71 bits per heavy atom. The fraction of sp³-hybridized carbons (Fsp3) is 0.412. The third-order valence-electron chi connectivity index (χ3n) is 3.95. The summed E-state index contributed by atoms with van der Waals surface area (Å²) in [7, 11) is 0. The number of nitrogens with one attached hydrogen (secondary N) is 1. The zero-order valence-corrected chi connectivity index (χ0v) is 12.4. The Bertz CT molecular complexity index is 504. The minimum atomic E-state index is 0.766. The van der Waals surface area contributed by atoms with Gasteiger partial charge >= 0.3 is 0 Å². The zero-order valence-electron chi connectivity index (χ0n) is 12.4. The molecular formula is C17H23N3O. The molecule has 2 heterocycles. The molecule has 1 aliphatic rings. The van der Waals surface area contributed by atoms with Crippen LogP contribution in [-0.4, -0.2) is 54.1 Å². The first kappa shape index (κ1) is 14.2. The molecule has 0 saturated carbocycles. The Hall–Kier alpha value is -1.78. The molecule has 1 aromatic heterocycles. The van der Waals surface area contributed by atoms with Crippen molar-refractivity contribution in [1.82, 2.24) is 14.8 Å². The highest BCUT2D eigenvalue weighted by molar-refractivity contribution is 5.20. The Balaban J connectivity index is 1.34. The van der Waals surface area contributed by atoms with Gasteiger partial charge in [-0.1, -0.05) is 18.2 Å². The smallest absolute Gasteiger partial charge is 0.119 e. The maximum Gasteiger partial charge on any atom is 0.119 e. The van der Waals surface area contributed by atoms with Gasteiger partial charge in [-0.3, -0.25) is 9.80 Å². The Morgan fingerprint density at radius 3 is 2.43 bits per heavy atom. The lowest BCUT2D eigenvalue weighted by Gasteiger charge is -2.34. The molecule has 0 amide bonds. The molecular weight excluding hydrogens is 262 g/mol. The first-order chi connectivity index (χ1) is 10.4. The van der Waals surface area contributed by atoms with Crippen molar-refractivity contribution < 1.29 is 4.74 Å². The molecule has 1 aliphatic heterocycles. The van der Waals surface area contributed by atoms with E-state index >= 15 is 0 Å². The second-order valence-corrected chi connectivity index (χ2v) is 5.50.